The van der Waals surface area contributed by atoms with E-state index in [2.05, 4.69) is 24.5 Å². The number of hydrogen-bond donors (Lipinski definition) is 3. The van der Waals surface area contributed by atoms with Gasteiger partial charge in [0.2, 0.25) is 0 Å². The molecule has 0 aromatic carbocycles. The molecule has 0 fully saturated rings. The zero-order chi connectivity index (χ0) is 12.8. The van der Waals surface area contributed by atoms with Crippen LogP contribution in [0.3, 0.4) is 0 Å². The number of nitrogens with one attached hydrogen (secondary N) is 2. The van der Waals surface area contributed by atoms with Crippen LogP contribution in [-0.4, -0.2) is 23.8 Å². The lowest BCUT2D eigenvalue weighted by Gasteiger charge is -2.18. The average Bonchev–Trinajstić information content (AvgIpc) is 2.62. The van der Waals surface area contributed by atoms with E-state index in [0.717, 1.165) is 16.3 Å². The molecule has 0 spiro atoms. The Balaban J connectivity index is 2.42. The minimum absolute atomic E-state index is 0.0327. The van der Waals surface area contributed by atoms with Crippen LogP contribution in [0, 0.1) is 12.8 Å². The largest absolute Gasteiger partial charge is 0.394 e. The number of carbonyl (C=O) groups excluding carboxylic acids is 1. The fraction of sp³-hybridized carbons (Fsp3) is 0.583. The highest BCUT2D eigenvalue weighted by molar-refractivity contribution is 7.16. The number of thiophene rings is 1. The van der Waals surface area contributed by atoms with E-state index < -0.39 is 0 Å². The summed E-state index contributed by atoms with van der Waals surface area (Å²) < 4.78 is 0. The number of hydrogen-bond acceptors (Lipinski definition) is 3. The molecule has 1 unspecified atom stereocenters. The van der Waals surface area contributed by atoms with E-state index in [1.165, 1.54) is 11.3 Å². The standard InChI is InChI=1S/C12H20N2O2S/c1-8(2)6-10(7-15)13-12(16)14-11-5-4-9(3)17-11/h4-5,8,10,15H,6-7H2,1-3H3,(H2,13,14,16). The first-order valence-corrected chi connectivity index (χ1v) is 6.57. The molecular weight excluding hydrogens is 236 g/mol. The van der Waals surface area contributed by atoms with Gasteiger partial charge in [-0.25, -0.2) is 4.79 Å². The summed E-state index contributed by atoms with van der Waals surface area (Å²) in [6.07, 6.45) is 0.771. The molecule has 96 valence electrons. The summed E-state index contributed by atoms with van der Waals surface area (Å²) in [4.78, 5) is 12.8. The van der Waals surface area contributed by atoms with Gasteiger partial charge in [-0.2, -0.15) is 0 Å². The summed E-state index contributed by atoms with van der Waals surface area (Å²) in [5.74, 6) is 0.441. The van der Waals surface area contributed by atoms with E-state index >= 15 is 0 Å². The van der Waals surface area contributed by atoms with Crippen molar-refractivity contribution in [2.24, 2.45) is 5.92 Å². The van der Waals surface area contributed by atoms with Crippen molar-refractivity contribution in [1.82, 2.24) is 5.32 Å². The van der Waals surface area contributed by atoms with Crippen molar-refractivity contribution in [2.45, 2.75) is 33.2 Å². The molecule has 0 radical (unpaired) electrons. The number of aliphatic hydroxyl groups excluding tert-OH is 1. The van der Waals surface area contributed by atoms with Crippen LogP contribution < -0.4 is 10.6 Å². The smallest absolute Gasteiger partial charge is 0.320 e. The minimum atomic E-state index is -0.258. The number of aryl methyl sites for hydroxylation is 1. The second kappa shape index (κ2) is 6.61. The Labute approximate surface area is 106 Å². The number of carbonyl (C=O) groups is 1. The maximum Gasteiger partial charge on any atom is 0.320 e. The normalized spacial score (nSPS) is 12.5. The SMILES string of the molecule is Cc1ccc(NC(=O)NC(CO)CC(C)C)s1. The highest BCUT2D eigenvalue weighted by Crippen LogP contribution is 2.20. The van der Waals surface area contributed by atoms with Gasteiger partial charge in [-0.15, -0.1) is 11.3 Å². The number of aliphatic hydroxyl groups is 1. The molecule has 0 saturated heterocycles. The van der Waals surface area contributed by atoms with Gasteiger partial charge < -0.3 is 10.4 Å². The maximum absolute atomic E-state index is 11.6. The summed E-state index contributed by atoms with van der Waals surface area (Å²) in [7, 11) is 0. The van der Waals surface area contributed by atoms with Gasteiger partial charge in [0.05, 0.1) is 17.6 Å². The predicted octanol–water partition coefficient (Wildman–Crippen LogP) is 2.59. The van der Waals surface area contributed by atoms with Gasteiger partial charge in [0.15, 0.2) is 0 Å². The van der Waals surface area contributed by atoms with Crippen molar-refractivity contribution in [3.05, 3.63) is 17.0 Å². The topological polar surface area (TPSA) is 61.4 Å². The van der Waals surface area contributed by atoms with Crippen LogP contribution in [0.1, 0.15) is 25.1 Å². The molecule has 0 aliphatic heterocycles. The van der Waals surface area contributed by atoms with Crippen molar-refractivity contribution < 1.29 is 9.90 Å². The molecule has 0 bridgehead atoms. The molecule has 0 aliphatic rings. The molecule has 1 rings (SSSR count). The van der Waals surface area contributed by atoms with Crippen LogP contribution in [-0.2, 0) is 0 Å². The van der Waals surface area contributed by atoms with E-state index in [4.69, 9.17) is 5.11 Å². The highest BCUT2D eigenvalue weighted by Gasteiger charge is 2.13. The Kier molecular flexibility index (Phi) is 5.44. The first-order valence-electron chi connectivity index (χ1n) is 5.76. The first kappa shape index (κ1) is 14.0. The molecule has 4 nitrogen and oxygen atoms in total. The lowest BCUT2D eigenvalue weighted by molar-refractivity contribution is 0.214. The van der Waals surface area contributed by atoms with Crippen molar-refractivity contribution in [2.75, 3.05) is 11.9 Å². The van der Waals surface area contributed by atoms with Crippen LogP contribution >= 0.6 is 11.3 Å². The third-order valence-electron chi connectivity index (χ3n) is 2.29. The van der Waals surface area contributed by atoms with Crippen molar-refractivity contribution >= 4 is 22.4 Å². The Hall–Kier alpha value is -1.07. The van der Waals surface area contributed by atoms with E-state index in [1.54, 1.807) is 0 Å². The third kappa shape index (κ3) is 5.19. The van der Waals surface area contributed by atoms with Gasteiger partial charge in [0, 0.05) is 4.88 Å². The van der Waals surface area contributed by atoms with Crippen LogP contribution in [0.4, 0.5) is 9.80 Å². The van der Waals surface area contributed by atoms with Crippen molar-refractivity contribution in [3.8, 4) is 0 Å². The van der Waals surface area contributed by atoms with Crippen molar-refractivity contribution in [1.29, 1.82) is 0 Å². The lowest BCUT2D eigenvalue weighted by Crippen LogP contribution is -2.40. The third-order valence-corrected chi connectivity index (χ3v) is 3.20. The molecule has 1 atom stereocenters. The zero-order valence-electron chi connectivity index (χ0n) is 10.5. The van der Waals surface area contributed by atoms with Crippen LogP contribution in [0.15, 0.2) is 12.1 Å². The molecule has 1 heterocycles. The van der Waals surface area contributed by atoms with Gasteiger partial charge in [-0.1, -0.05) is 13.8 Å². The molecule has 2 amide bonds. The molecular formula is C12H20N2O2S. The van der Waals surface area contributed by atoms with Crippen LogP contribution in [0.25, 0.3) is 0 Å². The Bertz CT molecular complexity index is 363. The molecule has 3 N–H and O–H groups in total. The summed E-state index contributed by atoms with van der Waals surface area (Å²) in [6.45, 7) is 6.08. The monoisotopic (exact) mass is 256 g/mol. The molecule has 1 aromatic rings. The first-order chi connectivity index (χ1) is 8.01. The molecule has 1 aromatic heterocycles. The van der Waals surface area contributed by atoms with Gasteiger partial charge in [-0.3, -0.25) is 5.32 Å². The minimum Gasteiger partial charge on any atom is -0.394 e. The number of rotatable bonds is 5. The molecule has 0 saturated carbocycles. The number of urea groups is 1. The lowest BCUT2D eigenvalue weighted by atomic mass is 10.0. The maximum atomic E-state index is 11.6. The van der Waals surface area contributed by atoms with Gasteiger partial charge in [0.25, 0.3) is 0 Å². The van der Waals surface area contributed by atoms with Gasteiger partial charge in [-0.05, 0) is 31.4 Å². The Morgan fingerprint density at radius 1 is 1.47 bits per heavy atom. The Morgan fingerprint density at radius 2 is 2.18 bits per heavy atom. The van der Waals surface area contributed by atoms with E-state index in [9.17, 15) is 4.79 Å². The molecule has 0 aliphatic carbocycles. The van der Waals surface area contributed by atoms with Gasteiger partial charge >= 0.3 is 6.03 Å². The van der Waals surface area contributed by atoms with E-state index in [1.807, 2.05) is 19.1 Å². The van der Waals surface area contributed by atoms with Crippen molar-refractivity contribution in [3.63, 3.8) is 0 Å². The summed E-state index contributed by atoms with van der Waals surface area (Å²) in [5, 5.41) is 15.5. The second-order valence-electron chi connectivity index (χ2n) is 4.52. The Morgan fingerprint density at radius 3 is 2.65 bits per heavy atom. The van der Waals surface area contributed by atoms with Crippen LogP contribution in [0.2, 0.25) is 0 Å². The second-order valence-corrected chi connectivity index (χ2v) is 5.81. The molecule has 17 heavy (non-hydrogen) atoms. The van der Waals surface area contributed by atoms with E-state index in [-0.39, 0.29) is 18.7 Å². The quantitative estimate of drug-likeness (QED) is 0.758. The summed E-state index contributed by atoms with van der Waals surface area (Å²) in [6, 6.07) is 3.39. The predicted molar refractivity (Wildman–Crippen MR) is 71.5 cm³/mol. The zero-order valence-corrected chi connectivity index (χ0v) is 11.3. The number of amides is 2. The van der Waals surface area contributed by atoms with E-state index in [0.29, 0.717) is 5.92 Å². The highest BCUT2D eigenvalue weighted by atomic mass is 32.1. The number of anilines is 1. The fourth-order valence-electron chi connectivity index (χ4n) is 1.58. The van der Waals surface area contributed by atoms with Gasteiger partial charge in [0.1, 0.15) is 0 Å². The summed E-state index contributed by atoms with van der Waals surface area (Å²) in [5.41, 5.74) is 0. The fourth-order valence-corrected chi connectivity index (χ4v) is 2.35. The van der Waals surface area contributed by atoms with Crippen LogP contribution in [0.5, 0.6) is 0 Å². The molecule has 5 heteroatoms. The average molecular weight is 256 g/mol. The summed E-state index contributed by atoms with van der Waals surface area (Å²) >= 11 is 1.53.